The van der Waals surface area contributed by atoms with Crippen molar-refractivity contribution in [3.05, 3.63) is 85.2 Å². The van der Waals surface area contributed by atoms with Crippen LogP contribution in [-0.4, -0.2) is 31.2 Å². The summed E-state index contributed by atoms with van der Waals surface area (Å²) in [6, 6.07) is 25.2. The van der Waals surface area contributed by atoms with Gasteiger partial charge in [-0.25, -0.2) is 19.3 Å². The minimum atomic E-state index is -0.559. The zero-order chi connectivity index (χ0) is 21.8. The lowest BCUT2D eigenvalue weighted by atomic mass is 10.2. The fraction of sp³-hybridized carbons (Fsp3) is 0.160. The average molecular weight is 412 g/mol. The van der Waals surface area contributed by atoms with E-state index < -0.39 is 11.7 Å². The van der Waals surface area contributed by atoms with Crippen LogP contribution >= 0.6 is 0 Å². The van der Waals surface area contributed by atoms with Gasteiger partial charge in [-0.3, -0.25) is 0 Å². The lowest BCUT2D eigenvalue weighted by Gasteiger charge is -2.20. The summed E-state index contributed by atoms with van der Waals surface area (Å²) in [6.07, 6.45) is 1.28. The highest BCUT2D eigenvalue weighted by Gasteiger charge is 2.23. The van der Waals surface area contributed by atoms with Gasteiger partial charge in [-0.15, -0.1) is 0 Å². The molecule has 2 heterocycles. The number of fused-ring (bicyclic) bond motifs is 2. The number of para-hydroxylation sites is 4. The number of benzene rings is 3. The van der Waals surface area contributed by atoms with Crippen molar-refractivity contribution < 1.29 is 9.53 Å². The molecule has 0 aliphatic heterocycles. The lowest BCUT2D eigenvalue weighted by Crippen LogP contribution is -2.27. The van der Waals surface area contributed by atoms with Gasteiger partial charge in [0.2, 0.25) is 0 Å². The molecule has 0 bridgehead atoms. The number of carbonyl (C=O) groups is 1. The number of H-pyrrole nitrogens is 1. The number of nitrogens with one attached hydrogen (secondary N) is 1. The van der Waals surface area contributed by atoms with Crippen molar-refractivity contribution >= 4 is 28.2 Å². The largest absolute Gasteiger partial charge is 0.443 e. The van der Waals surface area contributed by atoms with Crippen LogP contribution in [0.1, 0.15) is 20.8 Å². The van der Waals surface area contributed by atoms with E-state index in [-0.39, 0.29) is 0 Å². The predicted molar refractivity (Wildman–Crippen MR) is 123 cm³/mol. The van der Waals surface area contributed by atoms with Gasteiger partial charge in [0.15, 0.2) is 5.82 Å². The molecule has 0 amide bonds. The third kappa shape index (κ3) is 4.64. The fourth-order valence-electron chi connectivity index (χ4n) is 3.18. The molecule has 5 aromatic rings. The van der Waals surface area contributed by atoms with Crippen LogP contribution in [0, 0.1) is 0 Å². The van der Waals surface area contributed by atoms with E-state index in [0.717, 1.165) is 27.6 Å². The molecule has 0 spiro atoms. The monoisotopic (exact) mass is 412 g/mol. The van der Waals surface area contributed by atoms with Crippen LogP contribution in [0.4, 0.5) is 4.79 Å². The van der Waals surface area contributed by atoms with Gasteiger partial charge in [-0.1, -0.05) is 54.6 Å². The van der Waals surface area contributed by atoms with E-state index in [1.54, 1.807) is 6.33 Å². The molecule has 1 N–H and O–H groups in total. The summed E-state index contributed by atoms with van der Waals surface area (Å²) in [5.41, 5.74) is 3.96. The van der Waals surface area contributed by atoms with E-state index in [1.165, 1.54) is 4.57 Å². The van der Waals surface area contributed by atoms with Gasteiger partial charge in [-0.2, -0.15) is 0 Å². The quantitative estimate of drug-likeness (QED) is 0.364. The molecule has 6 nitrogen and oxygen atoms in total. The van der Waals surface area contributed by atoms with E-state index in [2.05, 4.69) is 15.0 Å². The molecule has 156 valence electrons. The van der Waals surface area contributed by atoms with Gasteiger partial charge in [0.1, 0.15) is 5.60 Å². The average Bonchev–Trinajstić information content (AvgIpc) is 3.38. The van der Waals surface area contributed by atoms with Crippen molar-refractivity contribution in [1.29, 1.82) is 0 Å². The first kappa shape index (κ1) is 20.3. The van der Waals surface area contributed by atoms with Gasteiger partial charge < -0.3 is 9.72 Å². The Labute approximate surface area is 180 Å². The molecule has 2 aromatic heterocycles. The third-order valence-electron chi connectivity index (χ3n) is 4.50. The molecule has 0 atom stereocenters. The van der Waals surface area contributed by atoms with Crippen molar-refractivity contribution in [1.82, 2.24) is 19.5 Å². The first-order chi connectivity index (χ1) is 14.9. The van der Waals surface area contributed by atoms with E-state index >= 15 is 0 Å². The Kier molecular flexibility index (Phi) is 5.54. The Hall–Kier alpha value is -3.93. The number of aromatic nitrogens is 4. The highest BCUT2D eigenvalue weighted by Crippen LogP contribution is 2.25. The normalized spacial score (nSPS) is 11.2. The number of nitrogens with zero attached hydrogens (tertiary/aromatic N) is 3. The Morgan fingerprint density at radius 2 is 1.52 bits per heavy atom. The van der Waals surface area contributed by atoms with E-state index in [4.69, 9.17) is 4.74 Å². The number of hydrogen-bond acceptors (Lipinski definition) is 4. The van der Waals surface area contributed by atoms with Crippen LogP contribution < -0.4 is 0 Å². The smallest absolute Gasteiger partial charge is 0.420 e. The molecule has 5 rings (SSSR count). The summed E-state index contributed by atoms with van der Waals surface area (Å²) >= 11 is 0. The maximum absolute atomic E-state index is 12.6. The second-order valence-electron chi connectivity index (χ2n) is 8.03. The van der Waals surface area contributed by atoms with Crippen molar-refractivity contribution in [3.63, 3.8) is 0 Å². The SMILES string of the molecule is CC(C)(C)OC(=O)n1c(-c2ccccc2)nc2ccccc21.c1ccc2[nH]cnc2c1. The van der Waals surface area contributed by atoms with Crippen molar-refractivity contribution in [2.75, 3.05) is 0 Å². The third-order valence-corrected chi connectivity index (χ3v) is 4.50. The van der Waals surface area contributed by atoms with E-state index in [0.29, 0.717) is 5.82 Å². The molecule has 0 unspecified atom stereocenters. The molecule has 0 saturated carbocycles. The van der Waals surface area contributed by atoms with E-state index in [1.807, 2.05) is 99.6 Å². The van der Waals surface area contributed by atoms with Crippen LogP contribution in [0.2, 0.25) is 0 Å². The number of ether oxygens (including phenoxy) is 1. The Morgan fingerprint density at radius 3 is 2.23 bits per heavy atom. The number of rotatable bonds is 1. The molecule has 0 radical (unpaired) electrons. The van der Waals surface area contributed by atoms with Crippen LogP contribution in [0.3, 0.4) is 0 Å². The summed E-state index contributed by atoms with van der Waals surface area (Å²) in [6.45, 7) is 5.56. The van der Waals surface area contributed by atoms with Gasteiger partial charge in [0.25, 0.3) is 0 Å². The summed E-state index contributed by atoms with van der Waals surface area (Å²) in [7, 11) is 0. The first-order valence-electron chi connectivity index (χ1n) is 10.1. The Bertz CT molecular complexity index is 1280. The number of carbonyl (C=O) groups excluding carboxylic acids is 1. The lowest BCUT2D eigenvalue weighted by molar-refractivity contribution is 0.0546. The highest BCUT2D eigenvalue weighted by molar-refractivity contribution is 5.92. The summed E-state index contributed by atoms with van der Waals surface area (Å²) in [5.74, 6) is 0.594. The molecule has 0 aliphatic rings. The van der Waals surface area contributed by atoms with Crippen LogP contribution in [0.5, 0.6) is 0 Å². The highest BCUT2D eigenvalue weighted by atomic mass is 16.6. The second kappa shape index (κ2) is 8.44. The molecular formula is C25H24N4O2. The number of aromatic amines is 1. The minimum Gasteiger partial charge on any atom is -0.443 e. The molecule has 6 heteroatoms. The van der Waals surface area contributed by atoms with Gasteiger partial charge in [0, 0.05) is 5.56 Å². The second-order valence-corrected chi connectivity index (χ2v) is 8.03. The predicted octanol–water partition coefficient (Wildman–Crippen LogP) is 6.05. The maximum atomic E-state index is 12.6. The molecule has 3 aromatic carbocycles. The molecule has 0 aliphatic carbocycles. The van der Waals surface area contributed by atoms with Gasteiger partial charge in [0.05, 0.1) is 28.4 Å². The number of hydrogen-bond donors (Lipinski definition) is 1. The summed E-state index contributed by atoms with van der Waals surface area (Å²) in [5, 5.41) is 0. The Balaban J connectivity index is 0.000000212. The van der Waals surface area contributed by atoms with E-state index in [9.17, 15) is 4.79 Å². The maximum Gasteiger partial charge on any atom is 0.420 e. The zero-order valence-electron chi connectivity index (χ0n) is 17.7. The molecular weight excluding hydrogens is 388 g/mol. The summed E-state index contributed by atoms with van der Waals surface area (Å²) in [4.78, 5) is 24.3. The fourth-order valence-corrected chi connectivity index (χ4v) is 3.18. The minimum absolute atomic E-state index is 0.417. The number of imidazole rings is 2. The van der Waals surface area contributed by atoms with Crippen molar-refractivity contribution in [3.8, 4) is 11.4 Å². The van der Waals surface area contributed by atoms with Crippen LogP contribution in [-0.2, 0) is 4.74 Å². The zero-order valence-corrected chi connectivity index (χ0v) is 17.7. The van der Waals surface area contributed by atoms with Crippen molar-refractivity contribution in [2.45, 2.75) is 26.4 Å². The van der Waals surface area contributed by atoms with Crippen LogP contribution in [0.15, 0.2) is 85.2 Å². The van der Waals surface area contributed by atoms with Gasteiger partial charge in [-0.05, 0) is 45.0 Å². The summed E-state index contributed by atoms with van der Waals surface area (Å²) < 4.78 is 7.07. The molecule has 0 saturated heterocycles. The van der Waals surface area contributed by atoms with Crippen molar-refractivity contribution in [2.24, 2.45) is 0 Å². The van der Waals surface area contributed by atoms with Gasteiger partial charge >= 0.3 is 6.09 Å². The standard InChI is InChI=1S/C18H18N2O2.C7H6N2/c1-18(2,3)22-17(21)20-15-12-8-7-11-14(15)19-16(20)13-9-5-4-6-10-13;1-2-4-7-6(3-1)8-5-9-7/h4-12H,1-3H3;1-5H,(H,8,9). The molecule has 31 heavy (non-hydrogen) atoms. The first-order valence-corrected chi connectivity index (χ1v) is 10.1. The molecule has 0 fully saturated rings. The van der Waals surface area contributed by atoms with Crippen LogP contribution in [0.25, 0.3) is 33.5 Å². The topological polar surface area (TPSA) is 72.8 Å². The Morgan fingerprint density at radius 1 is 0.871 bits per heavy atom.